The number of aromatic nitrogens is 1. The van der Waals surface area contributed by atoms with E-state index in [1.807, 2.05) is 12.3 Å². The summed E-state index contributed by atoms with van der Waals surface area (Å²) in [4.78, 5) is 4.39. The second-order valence-electron chi connectivity index (χ2n) is 4.70. The van der Waals surface area contributed by atoms with Crippen LogP contribution < -0.4 is 10.1 Å². The minimum Gasteiger partial charge on any atom is -0.487 e. The van der Waals surface area contributed by atoms with E-state index in [9.17, 15) is 0 Å². The predicted molar refractivity (Wildman–Crippen MR) is 87.0 cm³/mol. The number of halogens is 2. The van der Waals surface area contributed by atoms with Gasteiger partial charge in [-0.05, 0) is 36.7 Å². The monoisotopic (exact) mass is 324 g/mol. The number of hydrogen-bond donors (Lipinski definition) is 1. The number of benzene rings is 1. The van der Waals surface area contributed by atoms with Crippen molar-refractivity contribution in [3.8, 4) is 5.75 Å². The van der Waals surface area contributed by atoms with Crippen molar-refractivity contribution in [2.24, 2.45) is 0 Å². The van der Waals surface area contributed by atoms with E-state index < -0.39 is 0 Å². The van der Waals surface area contributed by atoms with Crippen LogP contribution in [-0.4, -0.2) is 11.5 Å². The molecule has 0 aliphatic rings. The van der Waals surface area contributed by atoms with Crippen molar-refractivity contribution in [3.63, 3.8) is 0 Å². The molecule has 5 heteroatoms. The predicted octanol–water partition coefficient (Wildman–Crippen LogP) is 4.47. The van der Waals surface area contributed by atoms with Crippen molar-refractivity contribution in [2.75, 3.05) is 6.54 Å². The third-order valence-corrected chi connectivity index (χ3v) is 3.66. The summed E-state index contributed by atoms with van der Waals surface area (Å²) in [5, 5.41) is 4.35. The van der Waals surface area contributed by atoms with Crippen molar-refractivity contribution >= 4 is 23.2 Å². The molecule has 0 spiro atoms. The van der Waals surface area contributed by atoms with Crippen LogP contribution in [0.5, 0.6) is 5.75 Å². The van der Waals surface area contributed by atoms with Gasteiger partial charge in [0.2, 0.25) is 0 Å². The number of ether oxygens (including phenoxy) is 1. The Hall–Kier alpha value is -1.29. The maximum atomic E-state index is 5.94. The Labute approximate surface area is 135 Å². The first kappa shape index (κ1) is 16.1. The fourth-order valence-electron chi connectivity index (χ4n) is 1.78. The first-order chi connectivity index (χ1) is 10.2. The quantitative estimate of drug-likeness (QED) is 0.763. The lowest BCUT2D eigenvalue weighted by atomic mass is 10.2. The largest absolute Gasteiger partial charge is 0.487 e. The summed E-state index contributed by atoms with van der Waals surface area (Å²) in [6, 6.07) is 9.24. The van der Waals surface area contributed by atoms with Gasteiger partial charge in [-0.3, -0.25) is 4.98 Å². The second-order valence-corrected chi connectivity index (χ2v) is 5.51. The van der Waals surface area contributed by atoms with Gasteiger partial charge in [0.15, 0.2) is 0 Å². The van der Waals surface area contributed by atoms with Crippen molar-refractivity contribution in [1.82, 2.24) is 10.3 Å². The molecule has 0 radical (unpaired) electrons. The SMILES string of the molecule is CCCNCc1ccc(COc2ccc(Cl)c(Cl)c2)nc1. The van der Waals surface area contributed by atoms with E-state index >= 15 is 0 Å². The molecule has 0 aliphatic heterocycles. The summed E-state index contributed by atoms with van der Waals surface area (Å²) in [5.41, 5.74) is 2.04. The van der Waals surface area contributed by atoms with Crippen LogP contribution in [0.3, 0.4) is 0 Å². The molecule has 0 amide bonds. The van der Waals surface area contributed by atoms with Gasteiger partial charge in [0.05, 0.1) is 15.7 Å². The highest BCUT2D eigenvalue weighted by Crippen LogP contribution is 2.26. The summed E-state index contributed by atoms with van der Waals surface area (Å²) in [6.07, 6.45) is 3.00. The highest BCUT2D eigenvalue weighted by atomic mass is 35.5. The standard InChI is InChI=1S/C16H18Cl2N2O/c1-2-7-19-9-12-3-4-13(20-10-12)11-21-14-5-6-15(17)16(18)8-14/h3-6,8,10,19H,2,7,9,11H2,1H3. The van der Waals surface area contributed by atoms with Gasteiger partial charge in [0, 0.05) is 18.8 Å². The van der Waals surface area contributed by atoms with Crippen molar-refractivity contribution < 1.29 is 4.74 Å². The van der Waals surface area contributed by atoms with E-state index in [1.165, 1.54) is 5.56 Å². The molecule has 3 nitrogen and oxygen atoms in total. The van der Waals surface area contributed by atoms with E-state index in [2.05, 4.69) is 23.3 Å². The van der Waals surface area contributed by atoms with Crippen LogP contribution in [0.2, 0.25) is 10.0 Å². The Morgan fingerprint density at radius 1 is 1.14 bits per heavy atom. The van der Waals surface area contributed by atoms with E-state index in [4.69, 9.17) is 27.9 Å². The zero-order valence-corrected chi connectivity index (χ0v) is 13.4. The molecule has 0 bridgehead atoms. The first-order valence-corrected chi connectivity index (χ1v) is 7.67. The van der Waals surface area contributed by atoms with Crippen LogP contribution in [-0.2, 0) is 13.2 Å². The van der Waals surface area contributed by atoms with Gasteiger partial charge in [-0.2, -0.15) is 0 Å². The molecule has 0 unspecified atom stereocenters. The first-order valence-electron chi connectivity index (χ1n) is 6.91. The van der Waals surface area contributed by atoms with Crippen molar-refractivity contribution in [1.29, 1.82) is 0 Å². The van der Waals surface area contributed by atoms with Gasteiger partial charge in [-0.1, -0.05) is 36.2 Å². The number of pyridine rings is 1. The van der Waals surface area contributed by atoms with Gasteiger partial charge < -0.3 is 10.1 Å². The molecule has 0 saturated carbocycles. The summed E-state index contributed by atoms with van der Waals surface area (Å²) in [5.74, 6) is 0.680. The third kappa shape index (κ3) is 5.20. The van der Waals surface area contributed by atoms with Crippen molar-refractivity contribution in [2.45, 2.75) is 26.5 Å². The summed E-state index contributed by atoms with van der Waals surface area (Å²) in [7, 11) is 0. The van der Waals surface area contributed by atoms with Gasteiger partial charge >= 0.3 is 0 Å². The van der Waals surface area contributed by atoms with Crippen LogP contribution in [0.1, 0.15) is 24.6 Å². The minimum absolute atomic E-state index is 0.403. The number of nitrogens with zero attached hydrogens (tertiary/aromatic N) is 1. The van der Waals surface area contributed by atoms with E-state index in [0.29, 0.717) is 22.4 Å². The molecule has 1 N–H and O–H groups in total. The van der Waals surface area contributed by atoms with Gasteiger partial charge in [0.25, 0.3) is 0 Å². The Balaban J connectivity index is 1.86. The molecule has 1 aromatic carbocycles. The maximum Gasteiger partial charge on any atom is 0.130 e. The molecule has 21 heavy (non-hydrogen) atoms. The fourth-order valence-corrected chi connectivity index (χ4v) is 2.07. The highest BCUT2D eigenvalue weighted by molar-refractivity contribution is 6.42. The van der Waals surface area contributed by atoms with E-state index in [0.717, 1.165) is 25.2 Å². The topological polar surface area (TPSA) is 34.1 Å². The summed E-state index contributed by atoms with van der Waals surface area (Å²) in [6.45, 7) is 4.41. The molecule has 112 valence electrons. The molecule has 0 saturated heterocycles. The van der Waals surface area contributed by atoms with E-state index in [1.54, 1.807) is 18.2 Å². The lowest BCUT2D eigenvalue weighted by Crippen LogP contribution is -2.14. The van der Waals surface area contributed by atoms with Crippen LogP contribution >= 0.6 is 23.2 Å². The average Bonchev–Trinajstić information content (AvgIpc) is 2.50. The molecule has 0 aliphatic carbocycles. The third-order valence-electron chi connectivity index (χ3n) is 2.92. The second kappa shape index (κ2) is 8.23. The number of rotatable bonds is 7. The maximum absolute atomic E-state index is 5.94. The lowest BCUT2D eigenvalue weighted by Gasteiger charge is -2.08. The molecular weight excluding hydrogens is 307 g/mol. The molecule has 2 aromatic rings. The molecule has 0 fully saturated rings. The van der Waals surface area contributed by atoms with Crippen LogP contribution in [0.4, 0.5) is 0 Å². The van der Waals surface area contributed by atoms with E-state index in [-0.39, 0.29) is 0 Å². The zero-order valence-electron chi connectivity index (χ0n) is 11.9. The van der Waals surface area contributed by atoms with Gasteiger partial charge in [0.1, 0.15) is 12.4 Å². The molecule has 1 heterocycles. The lowest BCUT2D eigenvalue weighted by molar-refractivity contribution is 0.301. The number of hydrogen-bond acceptors (Lipinski definition) is 3. The molecule has 1 aromatic heterocycles. The van der Waals surface area contributed by atoms with Gasteiger partial charge in [-0.15, -0.1) is 0 Å². The molecule has 2 rings (SSSR count). The highest BCUT2D eigenvalue weighted by Gasteiger charge is 2.02. The van der Waals surface area contributed by atoms with Gasteiger partial charge in [-0.25, -0.2) is 0 Å². The summed E-state index contributed by atoms with van der Waals surface area (Å²) < 4.78 is 5.65. The van der Waals surface area contributed by atoms with Crippen molar-refractivity contribution in [3.05, 3.63) is 57.8 Å². The Kier molecular flexibility index (Phi) is 6.30. The smallest absolute Gasteiger partial charge is 0.130 e. The Morgan fingerprint density at radius 3 is 2.67 bits per heavy atom. The fraction of sp³-hybridized carbons (Fsp3) is 0.312. The zero-order chi connectivity index (χ0) is 15.1. The molecule has 0 atom stereocenters. The number of nitrogens with one attached hydrogen (secondary N) is 1. The Morgan fingerprint density at radius 2 is 2.00 bits per heavy atom. The normalized spacial score (nSPS) is 10.6. The summed E-state index contributed by atoms with van der Waals surface area (Å²) >= 11 is 11.8. The Bertz CT molecular complexity index is 573. The van der Waals surface area contributed by atoms with Crippen LogP contribution in [0, 0.1) is 0 Å². The average molecular weight is 325 g/mol. The minimum atomic E-state index is 0.403. The molecular formula is C16H18Cl2N2O. The van der Waals surface area contributed by atoms with Crippen LogP contribution in [0.15, 0.2) is 36.5 Å². The van der Waals surface area contributed by atoms with Crippen LogP contribution in [0.25, 0.3) is 0 Å².